The van der Waals surface area contributed by atoms with Gasteiger partial charge in [0.25, 0.3) is 5.91 Å². The van der Waals surface area contributed by atoms with Crippen molar-refractivity contribution in [3.8, 4) is 0 Å². The smallest absolute Gasteiger partial charge is 0.287 e. The van der Waals surface area contributed by atoms with Crippen LogP contribution < -0.4 is 5.32 Å². The fourth-order valence-corrected chi connectivity index (χ4v) is 2.06. The maximum Gasteiger partial charge on any atom is 0.287 e. The number of furan rings is 1. The number of rotatable bonds is 2. The lowest BCUT2D eigenvalue weighted by Gasteiger charge is -2.31. The van der Waals surface area contributed by atoms with Crippen molar-refractivity contribution < 1.29 is 14.3 Å². The molecule has 4 heteroatoms. The number of carbonyl (C=O) groups is 1. The Labute approximate surface area is 98.2 Å². The molecule has 0 unspecified atom stereocenters. The number of amides is 1. The van der Waals surface area contributed by atoms with E-state index in [9.17, 15) is 4.79 Å². The topological polar surface area (TPSA) is 62.5 Å². The van der Waals surface area contributed by atoms with Crippen LogP contribution in [0.2, 0.25) is 0 Å². The van der Waals surface area contributed by atoms with Gasteiger partial charge in [-0.1, -0.05) is 18.2 Å². The van der Waals surface area contributed by atoms with Gasteiger partial charge in [-0.05, 0) is 25.0 Å². The molecule has 17 heavy (non-hydrogen) atoms. The molecule has 3 rings (SSSR count). The van der Waals surface area contributed by atoms with E-state index in [1.807, 2.05) is 24.3 Å². The summed E-state index contributed by atoms with van der Waals surface area (Å²) in [5.74, 6) is 0.116. The van der Waals surface area contributed by atoms with E-state index in [4.69, 9.17) is 9.52 Å². The van der Waals surface area contributed by atoms with E-state index >= 15 is 0 Å². The maximum atomic E-state index is 11.8. The van der Waals surface area contributed by atoms with Crippen molar-refractivity contribution in [2.75, 3.05) is 0 Å². The highest BCUT2D eigenvalue weighted by molar-refractivity contribution is 5.96. The minimum Gasteiger partial charge on any atom is -0.451 e. The Balaban J connectivity index is 1.76. The van der Waals surface area contributed by atoms with Crippen LogP contribution in [0.25, 0.3) is 11.0 Å². The average molecular weight is 231 g/mol. The minimum absolute atomic E-state index is 0.0747. The van der Waals surface area contributed by atoms with Gasteiger partial charge >= 0.3 is 0 Å². The molecule has 1 aliphatic carbocycles. The summed E-state index contributed by atoms with van der Waals surface area (Å²) in [6, 6.07) is 9.32. The van der Waals surface area contributed by atoms with Crippen LogP contribution >= 0.6 is 0 Å². The molecular weight excluding hydrogens is 218 g/mol. The van der Waals surface area contributed by atoms with Crippen molar-refractivity contribution in [3.05, 3.63) is 36.1 Å². The van der Waals surface area contributed by atoms with Gasteiger partial charge in [-0.2, -0.15) is 0 Å². The van der Waals surface area contributed by atoms with Crippen molar-refractivity contribution in [3.63, 3.8) is 0 Å². The van der Waals surface area contributed by atoms with E-state index in [0.717, 1.165) is 5.39 Å². The second-order valence-electron chi connectivity index (χ2n) is 4.44. The third kappa shape index (κ3) is 1.91. The van der Waals surface area contributed by atoms with Crippen LogP contribution in [-0.4, -0.2) is 23.2 Å². The summed E-state index contributed by atoms with van der Waals surface area (Å²) < 4.78 is 5.45. The van der Waals surface area contributed by atoms with Crippen LogP contribution in [0.1, 0.15) is 23.4 Å². The molecule has 0 bridgehead atoms. The lowest BCUT2D eigenvalue weighted by atomic mass is 9.89. The second kappa shape index (κ2) is 3.89. The third-order valence-corrected chi connectivity index (χ3v) is 3.10. The molecule has 0 spiro atoms. The van der Waals surface area contributed by atoms with E-state index in [-0.39, 0.29) is 18.1 Å². The van der Waals surface area contributed by atoms with Crippen molar-refractivity contribution in [2.24, 2.45) is 0 Å². The first-order valence-electron chi connectivity index (χ1n) is 5.70. The van der Waals surface area contributed by atoms with Gasteiger partial charge in [0.05, 0.1) is 6.10 Å². The largest absolute Gasteiger partial charge is 0.451 e. The van der Waals surface area contributed by atoms with Gasteiger partial charge in [-0.15, -0.1) is 0 Å². The number of benzene rings is 1. The highest BCUT2D eigenvalue weighted by Gasteiger charge is 2.29. The molecule has 1 amide bonds. The molecule has 1 heterocycles. The molecule has 1 saturated carbocycles. The summed E-state index contributed by atoms with van der Waals surface area (Å²) in [7, 11) is 0. The van der Waals surface area contributed by atoms with Gasteiger partial charge in [-0.25, -0.2) is 0 Å². The second-order valence-corrected chi connectivity index (χ2v) is 4.44. The van der Waals surface area contributed by atoms with E-state index in [2.05, 4.69) is 5.32 Å². The van der Waals surface area contributed by atoms with Gasteiger partial charge in [0.2, 0.25) is 0 Å². The van der Waals surface area contributed by atoms with E-state index in [1.54, 1.807) is 6.07 Å². The summed E-state index contributed by atoms with van der Waals surface area (Å²) in [6.07, 6.45) is 0.994. The van der Waals surface area contributed by atoms with Crippen LogP contribution in [0, 0.1) is 0 Å². The number of carbonyl (C=O) groups excluding carboxylic acids is 1. The zero-order chi connectivity index (χ0) is 11.8. The van der Waals surface area contributed by atoms with E-state index in [0.29, 0.717) is 24.2 Å². The molecule has 0 radical (unpaired) electrons. The summed E-state index contributed by atoms with van der Waals surface area (Å²) in [5, 5.41) is 12.9. The molecule has 2 aromatic rings. The normalized spacial score (nSPS) is 23.4. The number of hydrogen-bond acceptors (Lipinski definition) is 3. The zero-order valence-corrected chi connectivity index (χ0v) is 9.22. The highest BCUT2D eigenvalue weighted by Crippen LogP contribution is 2.22. The molecule has 1 aromatic heterocycles. The van der Waals surface area contributed by atoms with Crippen LogP contribution in [0.4, 0.5) is 0 Å². The Morgan fingerprint density at radius 1 is 1.35 bits per heavy atom. The Morgan fingerprint density at radius 3 is 2.82 bits per heavy atom. The molecule has 0 saturated heterocycles. The molecule has 2 N–H and O–H groups in total. The van der Waals surface area contributed by atoms with Crippen molar-refractivity contribution in [2.45, 2.75) is 25.0 Å². The van der Waals surface area contributed by atoms with Gasteiger partial charge in [0, 0.05) is 11.4 Å². The van der Waals surface area contributed by atoms with Gasteiger partial charge in [0.1, 0.15) is 5.58 Å². The first-order valence-corrected chi connectivity index (χ1v) is 5.70. The van der Waals surface area contributed by atoms with Crippen LogP contribution in [-0.2, 0) is 0 Å². The fourth-order valence-electron chi connectivity index (χ4n) is 2.06. The number of nitrogens with one attached hydrogen (secondary N) is 1. The maximum absolute atomic E-state index is 11.8. The lowest BCUT2D eigenvalue weighted by molar-refractivity contribution is 0.0552. The molecule has 1 fully saturated rings. The zero-order valence-electron chi connectivity index (χ0n) is 9.22. The van der Waals surface area contributed by atoms with Crippen LogP contribution in [0.5, 0.6) is 0 Å². The predicted molar refractivity (Wildman–Crippen MR) is 62.7 cm³/mol. The molecule has 0 atom stereocenters. The number of hydrogen-bond donors (Lipinski definition) is 2. The number of aliphatic hydroxyl groups excluding tert-OH is 1. The predicted octanol–water partition coefficient (Wildman–Crippen LogP) is 1.69. The number of aliphatic hydroxyl groups is 1. The van der Waals surface area contributed by atoms with Crippen molar-refractivity contribution in [1.29, 1.82) is 0 Å². The Kier molecular flexibility index (Phi) is 2.37. The van der Waals surface area contributed by atoms with Crippen LogP contribution in [0.15, 0.2) is 34.7 Å². The summed E-state index contributed by atoms with van der Waals surface area (Å²) in [5.41, 5.74) is 0.714. The summed E-state index contributed by atoms with van der Waals surface area (Å²) in [6.45, 7) is 0. The van der Waals surface area contributed by atoms with Crippen molar-refractivity contribution in [1.82, 2.24) is 5.32 Å². The first kappa shape index (κ1) is 10.4. The Morgan fingerprint density at radius 2 is 2.12 bits per heavy atom. The van der Waals surface area contributed by atoms with Gasteiger partial charge in [-0.3, -0.25) is 4.79 Å². The molecule has 1 aliphatic rings. The molecule has 88 valence electrons. The molecule has 1 aromatic carbocycles. The van der Waals surface area contributed by atoms with Gasteiger partial charge in [0.15, 0.2) is 5.76 Å². The third-order valence-electron chi connectivity index (χ3n) is 3.10. The van der Waals surface area contributed by atoms with Gasteiger partial charge < -0.3 is 14.8 Å². The fraction of sp³-hybridized carbons (Fsp3) is 0.308. The highest BCUT2D eigenvalue weighted by atomic mass is 16.3. The number of para-hydroxylation sites is 1. The van der Waals surface area contributed by atoms with E-state index in [1.165, 1.54) is 0 Å². The first-order chi connectivity index (χ1) is 8.22. The van der Waals surface area contributed by atoms with Crippen LogP contribution in [0.3, 0.4) is 0 Å². The minimum atomic E-state index is -0.268. The summed E-state index contributed by atoms with van der Waals surface area (Å²) in [4.78, 5) is 11.8. The summed E-state index contributed by atoms with van der Waals surface area (Å²) >= 11 is 0. The molecular formula is C13H13NO3. The standard InChI is InChI=1S/C13H13NO3/c15-10-6-9(7-10)14-13(16)12-5-8-3-1-2-4-11(8)17-12/h1-5,9-10,15H,6-7H2,(H,14,16). The quantitative estimate of drug-likeness (QED) is 0.826. The van der Waals surface area contributed by atoms with Crippen molar-refractivity contribution >= 4 is 16.9 Å². The van der Waals surface area contributed by atoms with E-state index < -0.39 is 0 Å². The Hall–Kier alpha value is -1.81. The number of fused-ring (bicyclic) bond motifs is 1. The SMILES string of the molecule is O=C(NC1CC(O)C1)c1cc2ccccc2o1. The molecule has 0 aliphatic heterocycles. The lowest BCUT2D eigenvalue weighted by Crippen LogP contribution is -2.46. The molecule has 4 nitrogen and oxygen atoms in total. The Bertz CT molecular complexity index is 522. The average Bonchev–Trinajstić information content (AvgIpc) is 2.70. The monoisotopic (exact) mass is 231 g/mol.